The van der Waals surface area contributed by atoms with Crippen LogP contribution in [0.4, 0.5) is 15.9 Å². The van der Waals surface area contributed by atoms with Gasteiger partial charge in [0.15, 0.2) is 17.4 Å². The maximum absolute atomic E-state index is 13.3. The lowest BCUT2D eigenvalue weighted by Crippen LogP contribution is -2.21. The largest absolute Gasteiger partial charge is 0.382 e. The van der Waals surface area contributed by atoms with E-state index in [-0.39, 0.29) is 27.6 Å². The van der Waals surface area contributed by atoms with Crippen molar-refractivity contribution in [1.82, 2.24) is 19.9 Å². The molecule has 0 spiro atoms. The molecule has 0 bridgehead atoms. The van der Waals surface area contributed by atoms with E-state index in [0.717, 1.165) is 0 Å². The third-order valence-corrected chi connectivity index (χ3v) is 3.75. The molecule has 2 heterocycles. The van der Waals surface area contributed by atoms with Gasteiger partial charge >= 0.3 is 0 Å². The molecule has 0 atom stereocenters. The van der Waals surface area contributed by atoms with Crippen LogP contribution >= 0.6 is 15.9 Å². The zero-order valence-corrected chi connectivity index (χ0v) is 14.4. The van der Waals surface area contributed by atoms with Crippen molar-refractivity contribution in [2.75, 3.05) is 5.32 Å². The molecule has 2 aromatic heterocycles. The molecular weight excluding hydrogens is 397 g/mol. The minimum atomic E-state index is -0.512. The van der Waals surface area contributed by atoms with Crippen LogP contribution in [0.1, 0.15) is 16.3 Å². The molecule has 1 aromatic carbocycles. The third kappa shape index (κ3) is 3.55. The van der Waals surface area contributed by atoms with E-state index in [1.807, 2.05) is 0 Å². The lowest BCUT2D eigenvalue weighted by Gasteiger charge is -2.03. The molecule has 0 saturated carbocycles. The van der Waals surface area contributed by atoms with Gasteiger partial charge in [0.05, 0.1) is 10.2 Å². The van der Waals surface area contributed by atoms with Crippen LogP contribution in [0, 0.1) is 5.82 Å². The molecule has 0 aliphatic carbocycles. The van der Waals surface area contributed by atoms with E-state index >= 15 is 0 Å². The van der Waals surface area contributed by atoms with Crippen molar-refractivity contribution in [1.29, 1.82) is 0 Å². The van der Waals surface area contributed by atoms with E-state index in [9.17, 15) is 9.18 Å². The number of rotatable bonds is 4. The van der Waals surface area contributed by atoms with Crippen molar-refractivity contribution >= 4 is 39.2 Å². The van der Waals surface area contributed by atoms with Gasteiger partial charge in [0.1, 0.15) is 5.82 Å². The average Bonchev–Trinajstić information content (AvgIpc) is 3.19. The first-order chi connectivity index (χ1) is 12.0. The van der Waals surface area contributed by atoms with Crippen molar-refractivity contribution in [2.45, 2.75) is 0 Å². The summed E-state index contributed by atoms with van der Waals surface area (Å²) in [4.78, 5) is 20.2. The standard InChI is InChI=1S/C14H11BrFN7O2/c1-23-5-4-18-13(23)14(24)20-12-10(21-25-22-12)11(17)19-7-2-3-9(16)8(15)6-7/h2-6H,1H3,(H2,17,19)(H,20,22,24). The van der Waals surface area contributed by atoms with E-state index in [0.29, 0.717) is 5.69 Å². The second-order valence-corrected chi connectivity index (χ2v) is 5.73. The summed E-state index contributed by atoms with van der Waals surface area (Å²) in [5.41, 5.74) is 6.32. The van der Waals surface area contributed by atoms with E-state index in [1.54, 1.807) is 13.2 Å². The predicted octanol–water partition coefficient (Wildman–Crippen LogP) is 1.99. The fourth-order valence-electron chi connectivity index (χ4n) is 1.93. The monoisotopic (exact) mass is 407 g/mol. The summed E-state index contributed by atoms with van der Waals surface area (Å²) in [6.07, 6.45) is 3.11. The van der Waals surface area contributed by atoms with Gasteiger partial charge in [-0.05, 0) is 44.4 Å². The zero-order chi connectivity index (χ0) is 18.0. The number of nitrogens with one attached hydrogen (secondary N) is 1. The number of nitrogens with two attached hydrogens (primary N) is 1. The number of anilines is 1. The molecule has 9 nitrogen and oxygen atoms in total. The normalized spacial score (nSPS) is 11.6. The smallest absolute Gasteiger partial charge is 0.292 e. The molecule has 0 radical (unpaired) electrons. The molecule has 0 saturated heterocycles. The van der Waals surface area contributed by atoms with Gasteiger partial charge in [0.2, 0.25) is 5.82 Å². The number of imidazole rings is 1. The Kier molecular flexibility index (Phi) is 4.57. The molecular formula is C14H11BrFN7O2. The Morgan fingerprint density at radius 3 is 2.92 bits per heavy atom. The highest BCUT2D eigenvalue weighted by atomic mass is 79.9. The number of nitrogens with zero attached hydrogens (tertiary/aromatic N) is 5. The Labute approximate surface area is 148 Å². The zero-order valence-electron chi connectivity index (χ0n) is 12.8. The first-order valence-corrected chi connectivity index (χ1v) is 7.66. The van der Waals surface area contributed by atoms with Crippen LogP contribution in [0.25, 0.3) is 0 Å². The van der Waals surface area contributed by atoms with E-state index < -0.39 is 11.7 Å². The average molecular weight is 408 g/mol. The Hall–Kier alpha value is -3.08. The topological polar surface area (TPSA) is 124 Å². The molecule has 11 heteroatoms. The molecule has 3 rings (SSSR count). The Morgan fingerprint density at radius 1 is 1.44 bits per heavy atom. The van der Waals surface area contributed by atoms with Gasteiger partial charge < -0.3 is 10.3 Å². The molecule has 0 aliphatic rings. The minimum Gasteiger partial charge on any atom is -0.382 e. The number of aliphatic imine (C=N–C) groups is 1. The molecule has 1 amide bonds. The van der Waals surface area contributed by atoms with Gasteiger partial charge in [-0.3, -0.25) is 10.1 Å². The van der Waals surface area contributed by atoms with Crippen molar-refractivity contribution in [3.05, 3.63) is 52.4 Å². The molecule has 3 aromatic rings. The summed E-state index contributed by atoms with van der Waals surface area (Å²) < 4.78 is 19.7. The number of carbonyl (C=O) groups is 1. The maximum atomic E-state index is 13.3. The molecule has 0 fully saturated rings. The number of aromatic nitrogens is 4. The number of hydrogen-bond acceptors (Lipinski definition) is 6. The molecule has 25 heavy (non-hydrogen) atoms. The molecule has 0 unspecified atom stereocenters. The fraction of sp³-hybridized carbons (Fsp3) is 0.0714. The highest BCUT2D eigenvalue weighted by Crippen LogP contribution is 2.23. The number of carbonyl (C=O) groups excluding carboxylic acids is 1. The summed E-state index contributed by atoms with van der Waals surface area (Å²) in [5.74, 6) is -0.831. The first-order valence-electron chi connectivity index (χ1n) is 6.86. The van der Waals surface area contributed by atoms with Crippen LogP contribution in [0.15, 0.2) is 44.7 Å². The van der Waals surface area contributed by atoms with Crippen LogP contribution in [0.2, 0.25) is 0 Å². The van der Waals surface area contributed by atoms with Crippen LogP contribution in [-0.4, -0.2) is 31.6 Å². The van der Waals surface area contributed by atoms with Gasteiger partial charge in [0.25, 0.3) is 5.91 Å². The van der Waals surface area contributed by atoms with Crippen LogP contribution in [-0.2, 0) is 7.05 Å². The van der Waals surface area contributed by atoms with Gasteiger partial charge in [0, 0.05) is 19.4 Å². The molecule has 3 N–H and O–H groups in total. The van der Waals surface area contributed by atoms with Gasteiger partial charge in [-0.15, -0.1) is 0 Å². The van der Waals surface area contributed by atoms with Gasteiger partial charge in [-0.2, -0.15) is 0 Å². The lowest BCUT2D eigenvalue weighted by atomic mass is 10.3. The Balaban J connectivity index is 1.85. The number of aryl methyl sites for hydroxylation is 1. The van der Waals surface area contributed by atoms with E-state index in [4.69, 9.17) is 5.73 Å². The Bertz CT molecular complexity index is 966. The van der Waals surface area contributed by atoms with Crippen molar-refractivity contribution in [2.24, 2.45) is 17.8 Å². The first kappa shape index (κ1) is 16.8. The van der Waals surface area contributed by atoms with Gasteiger partial charge in [-0.1, -0.05) is 0 Å². The summed E-state index contributed by atoms with van der Waals surface area (Å²) in [5, 5.41) is 9.75. The summed E-state index contributed by atoms with van der Waals surface area (Å²) in [6, 6.07) is 4.12. The minimum absolute atomic E-state index is 0.00423. The molecule has 0 aliphatic heterocycles. The van der Waals surface area contributed by atoms with Crippen LogP contribution in [0.3, 0.4) is 0 Å². The number of hydrogen-bond donors (Lipinski definition) is 2. The SMILES string of the molecule is Cn1ccnc1C(=O)Nc1nonc1C(N)=Nc1ccc(F)c(Br)c1. The van der Waals surface area contributed by atoms with Crippen LogP contribution < -0.4 is 11.1 Å². The summed E-state index contributed by atoms with van der Waals surface area (Å²) >= 11 is 3.06. The predicted molar refractivity (Wildman–Crippen MR) is 89.9 cm³/mol. The Morgan fingerprint density at radius 2 is 2.24 bits per heavy atom. The highest BCUT2D eigenvalue weighted by Gasteiger charge is 2.19. The third-order valence-electron chi connectivity index (χ3n) is 3.14. The number of amides is 1. The van der Waals surface area contributed by atoms with Gasteiger partial charge in [-0.25, -0.2) is 19.0 Å². The van der Waals surface area contributed by atoms with Crippen molar-refractivity contribution in [3.63, 3.8) is 0 Å². The maximum Gasteiger partial charge on any atom is 0.292 e. The number of amidine groups is 1. The van der Waals surface area contributed by atoms with E-state index in [2.05, 4.69) is 46.2 Å². The highest BCUT2D eigenvalue weighted by molar-refractivity contribution is 9.10. The molecule has 128 valence electrons. The van der Waals surface area contributed by atoms with Crippen molar-refractivity contribution < 1.29 is 13.8 Å². The number of halogens is 2. The summed E-state index contributed by atoms with van der Waals surface area (Å²) in [6.45, 7) is 0. The lowest BCUT2D eigenvalue weighted by molar-refractivity contribution is 0.101. The number of benzene rings is 1. The van der Waals surface area contributed by atoms with Crippen molar-refractivity contribution in [3.8, 4) is 0 Å². The second-order valence-electron chi connectivity index (χ2n) is 4.87. The van der Waals surface area contributed by atoms with E-state index in [1.165, 1.54) is 29.0 Å². The quantitative estimate of drug-likeness (QED) is 0.503. The van der Waals surface area contributed by atoms with Crippen LogP contribution in [0.5, 0.6) is 0 Å². The second kappa shape index (κ2) is 6.81. The summed E-state index contributed by atoms with van der Waals surface area (Å²) in [7, 11) is 1.67. The fourth-order valence-corrected chi connectivity index (χ4v) is 2.30.